The Labute approximate surface area is 119 Å². The van der Waals surface area contributed by atoms with Gasteiger partial charge in [-0.3, -0.25) is 0 Å². The molecule has 16 heavy (non-hydrogen) atoms. The Balaban J connectivity index is 1.91. The van der Waals surface area contributed by atoms with E-state index in [2.05, 4.69) is 60.5 Å². The van der Waals surface area contributed by atoms with E-state index in [-0.39, 0.29) is 6.04 Å². The van der Waals surface area contributed by atoms with Crippen molar-refractivity contribution in [3.63, 3.8) is 0 Å². The third kappa shape index (κ3) is 3.37. The lowest BCUT2D eigenvalue weighted by Crippen LogP contribution is -2.17. The van der Waals surface area contributed by atoms with Crippen LogP contribution in [-0.4, -0.2) is 4.98 Å². The van der Waals surface area contributed by atoms with Crippen molar-refractivity contribution in [1.29, 1.82) is 0 Å². The predicted molar refractivity (Wildman–Crippen MR) is 77.1 cm³/mol. The Morgan fingerprint density at radius 3 is 2.81 bits per heavy atom. The van der Waals surface area contributed by atoms with Gasteiger partial charge in [-0.05, 0) is 55.8 Å². The molecule has 0 saturated heterocycles. The molecule has 1 atom stereocenters. The Kier molecular flexibility index (Phi) is 4.55. The topological polar surface area (TPSA) is 24.9 Å². The number of rotatable bonds is 4. The lowest BCUT2D eigenvalue weighted by molar-refractivity contribution is 0.572. The van der Waals surface area contributed by atoms with Gasteiger partial charge in [0.1, 0.15) is 5.01 Å². The van der Waals surface area contributed by atoms with E-state index in [1.165, 1.54) is 9.35 Å². The molecule has 0 aliphatic heterocycles. The molecule has 2 heterocycles. The van der Waals surface area contributed by atoms with Crippen LogP contribution < -0.4 is 5.32 Å². The van der Waals surface area contributed by atoms with E-state index >= 15 is 0 Å². The summed E-state index contributed by atoms with van der Waals surface area (Å²) in [7, 11) is 0. The summed E-state index contributed by atoms with van der Waals surface area (Å²) in [6.45, 7) is 3.01. The van der Waals surface area contributed by atoms with Crippen LogP contribution in [-0.2, 0) is 6.54 Å². The van der Waals surface area contributed by atoms with Gasteiger partial charge >= 0.3 is 0 Å². The minimum atomic E-state index is 0.287. The summed E-state index contributed by atoms with van der Waals surface area (Å²) < 4.78 is 2.25. The van der Waals surface area contributed by atoms with Crippen LogP contribution in [0.25, 0.3) is 0 Å². The third-order valence-electron chi connectivity index (χ3n) is 2.10. The van der Waals surface area contributed by atoms with Gasteiger partial charge in [0.2, 0.25) is 0 Å². The van der Waals surface area contributed by atoms with Gasteiger partial charge in [0.15, 0.2) is 0 Å². The Bertz CT molecular complexity index is 467. The molecule has 0 aromatic carbocycles. The van der Waals surface area contributed by atoms with E-state index in [0.717, 1.165) is 15.3 Å². The fraction of sp³-hybridized carbons (Fsp3) is 0.300. The van der Waals surface area contributed by atoms with Crippen LogP contribution >= 0.6 is 54.5 Å². The van der Waals surface area contributed by atoms with Gasteiger partial charge in [0.25, 0.3) is 0 Å². The summed E-state index contributed by atoms with van der Waals surface area (Å²) in [5.41, 5.74) is 1.30. The average molecular weight is 382 g/mol. The fourth-order valence-corrected chi connectivity index (χ4v) is 3.74. The smallest absolute Gasteiger partial charge is 0.110 e. The summed E-state index contributed by atoms with van der Waals surface area (Å²) in [5.74, 6) is 0. The first-order chi connectivity index (χ1) is 7.65. The third-order valence-corrected chi connectivity index (χ3v) is 5.31. The lowest BCUT2D eigenvalue weighted by Gasteiger charge is -2.09. The van der Waals surface area contributed by atoms with Gasteiger partial charge in [0, 0.05) is 6.54 Å². The Morgan fingerprint density at radius 1 is 1.44 bits per heavy atom. The van der Waals surface area contributed by atoms with E-state index in [9.17, 15) is 0 Å². The molecule has 6 heteroatoms. The van der Waals surface area contributed by atoms with Crippen LogP contribution in [0.5, 0.6) is 0 Å². The number of nitrogens with zero attached hydrogens (tertiary/aromatic N) is 1. The molecule has 0 saturated carbocycles. The zero-order valence-electron chi connectivity index (χ0n) is 8.54. The number of thiazole rings is 1. The Morgan fingerprint density at radius 2 is 2.25 bits per heavy atom. The molecule has 86 valence electrons. The van der Waals surface area contributed by atoms with Crippen LogP contribution in [0, 0.1) is 0 Å². The van der Waals surface area contributed by atoms with Crippen LogP contribution in [0.15, 0.2) is 25.2 Å². The predicted octanol–water partition coefficient (Wildman–Crippen LogP) is 4.58. The van der Waals surface area contributed by atoms with E-state index in [1.54, 1.807) is 22.7 Å². The highest BCUT2D eigenvalue weighted by atomic mass is 79.9. The van der Waals surface area contributed by atoms with Crippen molar-refractivity contribution >= 4 is 54.5 Å². The standard InChI is InChI=1S/C10H10Br2N2S2/c1-6(10-14-4-9(12)16-10)13-3-7-2-8(11)15-5-7/h2,4-6,13H,3H2,1H3. The largest absolute Gasteiger partial charge is 0.304 e. The number of hydrogen-bond acceptors (Lipinski definition) is 4. The molecular weight excluding hydrogens is 372 g/mol. The zero-order valence-corrected chi connectivity index (χ0v) is 13.3. The highest BCUT2D eigenvalue weighted by Crippen LogP contribution is 2.25. The van der Waals surface area contributed by atoms with E-state index in [4.69, 9.17) is 0 Å². The maximum absolute atomic E-state index is 4.34. The van der Waals surface area contributed by atoms with Gasteiger partial charge in [-0.25, -0.2) is 4.98 Å². The van der Waals surface area contributed by atoms with E-state index in [0.29, 0.717) is 0 Å². The second-order valence-corrected chi connectivity index (χ2v) is 8.10. The molecule has 2 aromatic rings. The molecule has 0 spiro atoms. The molecular formula is C10H10Br2N2S2. The molecule has 0 aliphatic carbocycles. The van der Waals surface area contributed by atoms with Gasteiger partial charge < -0.3 is 5.32 Å². The van der Waals surface area contributed by atoms with Crippen molar-refractivity contribution in [3.05, 3.63) is 35.8 Å². The summed E-state index contributed by atoms with van der Waals surface area (Å²) in [4.78, 5) is 4.34. The van der Waals surface area contributed by atoms with Crippen LogP contribution in [0.3, 0.4) is 0 Å². The monoisotopic (exact) mass is 380 g/mol. The van der Waals surface area contributed by atoms with Crippen LogP contribution in [0.1, 0.15) is 23.5 Å². The second-order valence-electron chi connectivity index (χ2n) is 3.36. The highest BCUT2D eigenvalue weighted by Gasteiger charge is 2.09. The van der Waals surface area contributed by atoms with Gasteiger partial charge in [-0.15, -0.1) is 22.7 Å². The number of aromatic nitrogens is 1. The van der Waals surface area contributed by atoms with Crippen molar-refractivity contribution in [2.24, 2.45) is 0 Å². The first-order valence-corrected chi connectivity index (χ1v) is 8.01. The molecule has 0 bridgehead atoms. The van der Waals surface area contributed by atoms with Crippen molar-refractivity contribution in [2.45, 2.75) is 19.5 Å². The number of nitrogens with one attached hydrogen (secondary N) is 1. The minimum absolute atomic E-state index is 0.287. The van der Waals surface area contributed by atoms with Gasteiger partial charge in [-0.1, -0.05) is 0 Å². The Hall–Kier alpha value is 0.250. The normalized spacial score (nSPS) is 12.9. The zero-order chi connectivity index (χ0) is 11.5. The molecule has 1 unspecified atom stereocenters. The lowest BCUT2D eigenvalue weighted by atomic mass is 10.3. The van der Waals surface area contributed by atoms with Crippen molar-refractivity contribution in [3.8, 4) is 0 Å². The molecule has 1 N–H and O–H groups in total. The van der Waals surface area contributed by atoms with Crippen molar-refractivity contribution < 1.29 is 0 Å². The molecule has 0 aliphatic rings. The fourth-order valence-electron chi connectivity index (χ4n) is 1.26. The molecule has 2 rings (SSSR count). The molecule has 0 amide bonds. The van der Waals surface area contributed by atoms with Gasteiger partial charge in [-0.2, -0.15) is 0 Å². The second kappa shape index (κ2) is 5.73. The van der Waals surface area contributed by atoms with E-state index in [1.807, 2.05) is 6.20 Å². The summed E-state index contributed by atoms with van der Waals surface area (Å²) in [6, 6.07) is 2.43. The number of thiophene rings is 1. The van der Waals surface area contributed by atoms with Crippen molar-refractivity contribution in [2.75, 3.05) is 0 Å². The maximum Gasteiger partial charge on any atom is 0.110 e. The van der Waals surface area contributed by atoms with Crippen LogP contribution in [0.2, 0.25) is 0 Å². The number of hydrogen-bond donors (Lipinski definition) is 1. The first-order valence-electron chi connectivity index (χ1n) is 4.72. The van der Waals surface area contributed by atoms with Crippen LogP contribution in [0.4, 0.5) is 0 Å². The number of halogens is 2. The highest BCUT2D eigenvalue weighted by molar-refractivity contribution is 9.11. The molecule has 2 aromatic heterocycles. The summed E-state index contributed by atoms with van der Waals surface area (Å²) >= 11 is 10.3. The van der Waals surface area contributed by atoms with Crippen molar-refractivity contribution in [1.82, 2.24) is 10.3 Å². The quantitative estimate of drug-likeness (QED) is 0.838. The molecule has 0 fully saturated rings. The summed E-state index contributed by atoms with van der Waals surface area (Å²) in [5, 5.41) is 6.72. The van der Waals surface area contributed by atoms with E-state index < -0.39 is 0 Å². The van der Waals surface area contributed by atoms with Gasteiger partial charge in [0.05, 0.1) is 19.8 Å². The SMILES string of the molecule is CC(NCc1csc(Br)c1)c1ncc(Br)s1. The first kappa shape index (κ1) is 12.7. The minimum Gasteiger partial charge on any atom is -0.304 e. The molecule has 0 radical (unpaired) electrons. The average Bonchev–Trinajstić information content (AvgIpc) is 2.84. The summed E-state index contributed by atoms with van der Waals surface area (Å²) in [6.07, 6.45) is 1.85. The maximum atomic E-state index is 4.34. The molecule has 2 nitrogen and oxygen atoms in total.